The molecule has 1 unspecified atom stereocenters. The van der Waals surface area contributed by atoms with E-state index in [0.717, 1.165) is 17.0 Å². The number of halogens is 1. The van der Waals surface area contributed by atoms with Gasteiger partial charge in [0, 0.05) is 24.0 Å². The first kappa shape index (κ1) is 16.7. The summed E-state index contributed by atoms with van der Waals surface area (Å²) in [6.45, 7) is 0. The summed E-state index contributed by atoms with van der Waals surface area (Å²) in [7, 11) is 4.34. The maximum absolute atomic E-state index is 6.28. The Labute approximate surface area is 133 Å². The Morgan fingerprint density at radius 1 is 1.33 bits per heavy atom. The zero-order valence-electron chi connectivity index (χ0n) is 13.1. The van der Waals surface area contributed by atoms with Crippen molar-refractivity contribution in [1.29, 1.82) is 0 Å². The van der Waals surface area contributed by atoms with E-state index in [1.165, 1.54) is 38.5 Å². The molecule has 0 aliphatic heterocycles. The van der Waals surface area contributed by atoms with E-state index in [0.29, 0.717) is 0 Å². The van der Waals surface area contributed by atoms with E-state index in [1.807, 2.05) is 6.07 Å². The summed E-state index contributed by atoms with van der Waals surface area (Å²) in [5, 5.41) is 0.722. The van der Waals surface area contributed by atoms with Crippen molar-refractivity contribution in [3.8, 4) is 0 Å². The maximum Gasteiger partial charge on any atom is 0.0621 e. The second-order valence-corrected chi connectivity index (χ2v) is 6.71. The molecule has 2 rings (SSSR count). The van der Waals surface area contributed by atoms with Crippen molar-refractivity contribution in [2.75, 3.05) is 14.1 Å². The molecule has 1 fully saturated rings. The normalized spacial score (nSPS) is 20.2. The van der Waals surface area contributed by atoms with Gasteiger partial charge in [-0.1, -0.05) is 37.3 Å². The number of hydrogen-bond acceptors (Lipinski definition) is 4. The highest BCUT2D eigenvalue weighted by Crippen LogP contribution is 2.35. The highest BCUT2D eigenvalue weighted by molar-refractivity contribution is 6.31. The third-order valence-corrected chi connectivity index (χ3v) is 5.33. The van der Waals surface area contributed by atoms with Gasteiger partial charge in [-0.2, -0.15) is 0 Å². The van der Waals surface area contributed by atoms with E-state index in [-0.39, 0.29) is 11.6 Å². The fourth-order valence-electron chi connectivity index (χ4n) is 3.64. The fraction of sp³-hybridized carbons (Fsp3) is 0.688. The third-order valence-electron chi connectivity index (χ3n) is 4.99. The Balaban J connectivity index is 2.25. The molecule has 5 heteroatoms. The molecule has 21 heavy (non-hydrogen) atoms. The number of nitrogens with one attached hydrogen (secondary N) is 1. The molecule has 4 nitrogen and oxygen atoms in total. The van der Waals surface area contributed by atoms with Crippen LogP contribution in [0.1, 0.15) is 44.1 Å². The van der Waals surface area contributed by atoms with E-state index >= 15 is 0 Å². The minimum Gasteiger partial charge on any atom is -0.302 e. The molecule has 0 bridgehead atoms. The SMILES string of the molecule is CN(C)C1(C(Cc2ccncc2Cl)NN)CCCCCC1. The Hall–Kier alpha value is -0.680. The maximum atomic E-state index is 6.28. The lowest BCUT2D eigenvalue weighted by molar-refractivity contribution is 0.0802. The van der Waals surface area contributed by atoms with Gasteiger partial charge >= 0.3 is 0 Å². The van der Waals surface area contributed by atoms with Gasteiger partial charge in [-0.25, -0.2) is 0 Å². The van der Waals surface area contributed by atoms with Crippen LogP contribution in [0.5, 0.6) is 0 Å². The van der Waals surface area contributed by atoms with E-state index in [1.54, 1.807) is 12.4 Å². The average molecular weight is 311 g/mol. The van der Waals surface area contributed by atoms with Crippen molar-refractivity contribution in [2.45, 2.75) is 56.5 Å². The van der Waals surface area contributed by atoms with Gasteiger partial charge < -0.3 is 4.90 Å². The van der Waals surface area contributed by atoms with Crippen LogP contribution in [0.15, 0.2) is 18.5 Å². The molecule has 1 heterocycles. The Bertz CT molecular complexity index is 442. The minimum absolute atomic E-state index is 0.0951. The van der Waals surface area contributed by atoms with Crippen molar-refractivity contribution in [2.24, 2.45) is 5.84 Å². The molecule has 1 atom stereocenters. The molecule has 118 valence electrons. The summed E-state index contributed by atoms with van der Waals surface area (Å²) < 4.78 is 0. The molecule has 0 saturated heterocycles. The molecular weight excluding hydrogens is 284 g/mol. The molecule has 1 aromatic heterocycles. The van der Waals surface area contributed by atoms with Gasteiger partial charge in [-0.3, -0.25) is 16.3 Å². The summed E-state index contributed by atoms with van der Waals surface area (Å²) in [5.74, 6) is 5.94. The van der Waals surface area contributed by atoms with Gasteiger partial charge in [0.1, 0.15) is 0 Å². The van der Waals surface area contributed by atoms with Gasteiger partial charge in [0.25, 0.3) is 0 Å². The Kier molecular flexibility index (Phi) is 5.99. The lowest BCUT2D eigenvalue weighted by Gasteiger charge is -2.45. The summed E-state index contributed by atoms with van der Waals surface area (Å²) in [5.41, 5.74) is 4.28. The van der Waals surface area contributed by atoms with Crippen molar-refractivity contribution >= 4 is 11.6 Å². The molecular formula is C16H27ClN4. The molecule has 0 radical (unpaired) electrons. The van der Waals surface area contributed by atoms with E-state index < -0.39 is 0 Å². The quantitative estimate of drug-likeness (QED) is 0.499. The van der Waals surface area contributed by atoms with Crippen LogP contribution < -0.4 is 11.3 Å². The number of likely N-dealkylation sites (N-methyl/N-ethyl adjacent to an activating group) is 1. The van der Waals surface area contributed by atoms with Gasteiger partial charge in [0.05, 0.1) is 5.02 Å². The first-order valence-electron chi connectivity index (χ1n) is 7.82. The van der Waals surface area contributed by atoms with Crippen molar-refractivity contribution in [3.05, 3.63) is 29.0 Å². The van der Waals surface area contributed by atoms with Gasteiger partial charge in [0.2, 0.25) is 0 Å². The molecule has 1 saturated carbocycles. The highest BCUT2D eigenvalue weighted by Gasteiger charge is 2.40. The second kappa shape index (κ2) is 7.54. The molecule has 0 amide bonds. The largest absolute Gasteiger partial charge is 0.302 e. The number of pyridine rings is 1. The van der Waals surface area contributed by atoms with E-state index in [9.17, 15) is 0 Å². The topological polar surface area (TPSA) is 54.2 Å². The zero-order chi connectivity index (χ0) is 15.3. The molecule has 1 aliphatic carbocycles. The first-order chi connectivity index (χ1) is 10.1. The van der Waals surface area contributed by atoms with Crippen LogP contribution in [-0.2, 0) is 6.42 Å². The smallest absolute Gasteiger partial charge is 0.0621 e. The second-order valence-electron chi connectivity index (χ2n) is 6.30. The lowest BCUT2D eigenvalue weighted by atomic mass is 9.79. The summed E-state index contributed by atoms with van der Waals surface area (Å²) in [6, 6.07) is 2.18. The molecule has 1 aliphatic rings. The fourth-order valence-corrected chi connectivity index (χ4v) is 3.84. The predicted octanol–water partition coefficient (Wildman–Crippen LogP) is 2.76. The van der Waals surface area contributed by atoms with Crippen molar-refractivity contribution < 1.29 is 0 Å². The number of nitrogens with zero attached hydrogens (tertiary/aromatic N) is 2. The molecule has 0 aromatic carbocycles. The number of rotatable bonds is 5. The van der Waals surface area contributed by atoms with Crippen LogP contribution in [0.3, 0.4) is 0 Å². The van der Waals surface area contributed by atoms with E-state index in [2.05, 4.69) is 29.4 Å². The summed E-state index contributed by atoms with van der Waals surface area (Å²) >= 11 is 6.28. The average Bonchev–Trinajstić information content (AvgIpc) is 2.73. The number of aromatic nitrogens is 1. The summed E-state index contributed by atoms with van der Waals surface area (Å²) in [4.78, 5) is 6.42. The number of hydrogen-bond donors (Lipinski definition) is 2. The number of nitrogens with two attached hydrogens (primary N) is 1. The molecule has 1 aromatic rings. The first-order valence-corrected chi connectivity index (χ1v) is 8.20. The lowest BCUT2D eigenvalue weighted by Crippen LogP contribution is -2.61. The standard InChI is InChI=1S/C16H27ClN4/c1-21(2)16(8-5-3-4-6-9-16)15(20-18)11-13-7-10-19-12-14(13)17/h7,10,12,15,20H,3-6,8-9,11,18H2,1-2H3. The van der Waals surface area contributed by atoms with Crippen LogP contribution in [0.25, 0.3) is 0 Å². The van der Waals surface area contributed by atoms with Crippen molar-refractivity contribution in [3.63, 3.8) is 0 Å². The van der Waals surface area contributed by atoms with Crippen LogP contribution >= 0.6 is 11.6 Å². The van der Waals surface area contributed by atoms with Gasteiger partial charge in [0.15, 0.2) is 0 Å². The number of hydrazine groups is 1. The van der Waals surface area contributed by atoms with Crippen LogP contribution in [-0.4, -0.2) is 35.6 Å². The molecule has 3 N–H and O–H groups in total. The predicted molar refractivity (Wildman–Crippen MR) is 88.2 cm³/mol. The summed E-state index contributed by atoms with van der Waals surface area (Å²) in [6.07, 6.45) is 11.9. The van der Waals surface area contributed by atoms with Crippen LogP contribution in [0.2, 0.25) is 5.02 Å². The van der Waals surface area contributed by atoms with Gasteiger partial charge in [-0.05, 0) is 45.0 Å². The van der Waals surface area contributed by atoms with Gasteiger partial charge in [-0.15, -0.1) is 0 Å². The highest BCUT2D eigenvalue weighted by atomic mass is 35.5. The monoisotopic (exact) mass is 310 g/mol. The van der Waals surface area contributed by atoms with Crippen LogP contribution in [0, 0.1) is 0 Å². The van der Waals surface area contributed by atoms with E-state index in [4.69, 9.17) is 17.4 Å². The third kappa shape index (κ3) is 3.75. The minimum atomic E-state index is 0.0951. The molecule has 0 spiro atoms. The zero-order valence-corrected chi connectivity index (χ0v) is 13.9. The Morgan fingerprint density at radius 2 is 2.00 bits per heavy atom. The Morgan fingerprint density at radius 3 is 2.52 bits per heavy atom. The van der Waals surface area contributed by atoms with Crippen molar-refractivity contribution in [1.82, 2.24) is 15.3 Å². The van der Waals surface area contributed by atoms with Crippen LogP contribution in [0.4, 0.5) is 0 Å².